The average Bonchev–Trinajstić information content (AvgIpc) is 3.22. The van der Waals surface area contributed by atoms with E-state index in [4.69, 9.17) is 0 Å². The standard InChI is InChI=1S/C15H17BrN4/c1-10-4-3-5-12(17-10)9-20(2)14-8-13(16)18-15(19-14)11-6-7-11/h3-5,8,11H,6-7,9H2,1-2H3. The lowest BCUT2D eigenvalue weighted by Crippen LogP contribution is -2.19. The topological polar surface area (TPSA) is 41.9 Å². The van der Waals surface area contributed by atoms with Crippen LogP contribution in [-0.4, -0.2) is 22.0 Å². The molecule has 1 aliphatic rings. The molecule has 0 aliphatic heterocycles. The van der Waals surface area contributed by atoms with E-state index < -0.39 is 0 Å². The Hall–Kier alpha value is -1.49. The van der Waals surface area contributed by atoms with Gasteiger partial charge in [-0.3, -0.25) is 4.98 Å². The van der Waals surface area contributed by atoms with Gasteiger partial charge in [-0.2, -0.15) is 0 Å². The first kappa shape index (κ1) is 13.5. The lowest BCUT2D eigenvalue weighted by molar-refractivity contribution is 0.828. The molecule has 1 aliphatic carbocycles. The summed E-state index contributed by atoms with van der Waals surface area (Å²) in [5.41, 5.74) is 2.09. The molecule has 5 heteroatoms. The van der Waals surface area contributed by atoms with Gasteiger partial charge < -0.3 is 4.90 Å². The summed E-state index contributed by atoms with van der Waals surface area (Å²) in [5, 5.41) is 0. The van der Waals surface area contributed by atoms with E-state index in [-0.39, 0.29) is 0 Å². The van der Waals surface area contributed by atoms with Crippen molar-refractivity contribution in [3.8, 4) is 0 Å². The highest BCUT2D eigenvalue weighted by Crippen LogP contribution is 2.39. The highest BCUT2D eigenvalue weighted by Gasteiger charge is 2.27. The van der Waals surface area contributed by atoms with Gasteiger partial charge >= 0.3 is 0 Å². The fourth-order valence-electron chi connectivity index (χ4n) is 2.15. The van der Waals surface area contributed by atoms with Crippen molar-refractivity contribution < 1.29 is 0 Å². The summed E-state index contributed by atoms with van der Waals surface area (Å²) in [7, 11) is 2.04. The van der Waals surface area contributed by atoms with E-state index in [0.717, 1.165) is 34.2 Å². The molecule has 2 aromatic heterocycles. The smallest absolute Gasteiger partial charge is 0.135 e. The first-order chi connectivity index (χ1) is 9.61. The van der Waals surface area contributed by atoms with Gasteiger partial charge in [0.25, 0.3) is 0 Å². The lowest BCUT2D eigenvalue weighted by atomic mass is 10.3. The SMILES string of the molecule is Cc1cccc(CN(C)c2cc(Br)nc(C3CC3)n2)n1. The normalized spacial score (nSPS) is 14.3. The summed E-state index contributed by atoms with van der Waals surface area (Å²) in [6, 6.07) is 8.05. The van der Waals surface area contributed by atoms with Crippen LogP contribution in [0, 0.1) is 6.92 Å². The number of nitrogens with zero attached hydrogens (tertiary/aromatic N) is 4. The van der Waals surface area contributed by atoms with Gasteiger partial charge in [-0.1, -0.05) is 6.07 Å². The van der Waals surface area contributed by atoms with Gasteiger partial charge in [0, 0.05) is 24.7 Å². The van der Waals surface area contributed by atoms with Gasteiger partial charge in [-0.25, -0.2) is 9.97 Å². The fourth-order valence-corrected chi connectivity index (χ4v) is 2.54. The molecular formula is C15H17BrN4. The molecule has 0 saturated heterocycles. The Balaban J connectivity index is 1.81. The zero-order valence-electron chi connectivity index (χ0n) is 11.7. The summed E-state index contributed by atoms with van der Waals surface area (Å²) in [6.45, 7) is 2.76. The van der Waals surface area contributed by atoms with Gasteiger partial charge in [0.05, 0.1) is 12.2 Å². The first-order valence-electron chi connectivity index (χ1n) is 6.80. The molecule has 20 heavy (non-hydrogen) atoms. The minimum absolute atomic E-state index is 0.553. The molecule has 0 spiro atoms. The number of hydrogen-bond acceptors (Lipinski definition) is 4. The molecule has 0 bridgehead atoms. The van der Waals surface area contributed by atoms with Crippen LogP contribution < -0.4 is 4.90 Å². The van der Waals surface area contributed by atoms with Crippen molar-refractivity contribution in [2.45, 2.75) is 32.2 Å². The average molecular weight is 333 g/mol. The van der Waals surface area contributed by atoms with E-state index in [1.165, 1.54) is 12.8 Å². The highest BCUT2D eigenvalue weighted by atomic mass is 79.9. The van der Waals surface area contributed by atoms with Crippen molar-refractivity contribution in [1.29, 1.82) is 0 Å². The van der Waals surface area contributed by atoms with Crippen LogP contribution in [0.15, 0.2) is 28.9 Å². The van der Waals surface area contributed by atoms with Crippen LogP contribution in [0.4, 0.5) is 5.82 Å². The van der Waals surface area contributed by atoms with E-state index >= 15 is 0 Å². The van der Waals surface area contributed by atoms with E-state index in [9.17, 15) is 0 Å². The molecule has 1 saturated carbocycles. The molecule has 2 heterocycles. The second kappa shape index (κ2) is 5.48. The third-order valence-corrected chi connectivity index (χ3v) is 3.78. The monoisotopic (exact) mass is 332 g/mol. The van der Waals surface area contributed by atoms with Crippen LogP contribution in [0.1, 0.15) is 36.0 Å². The predicted octanol–water partition coefficient (Wildman–Crippen LogP) is 3.46. The minimum Gasteiger partial charge on any atom is -0.354 e. The number of halogens is 1. The Kier molecular flexibility index (Phi) is 3.70. The van der Waals surface area contributed by atoms with Crippen molar-refractivity contribution in [2.24, 2.45) is 0 Å². The summed E-state index contributed by atoms with van der Waals surface area (Å²) in [6.07, 6.45) is 2.41. The van der Waals surface area contributed by atoms with Crippen LogP contribution >= 0.6 is 15.9 Å². The Morgan fingerprint density at radius 1 is 1.25 bits per heavy atom. The molecule has 4 nitrogen and oxygen atoms in total. The van der Waals surface area contributed by atoms with Crippen molar-refractivity contribution >= 4 is 21.7 Å². The molecule has 0 N–H and O–H groups in total. The van der Waals surface area contributed by atoms with Gasteiger partial charge in [-0.05, 0) is 47.8 Å². The third kappa shape index (κ3) is 3.15. The molecule has 0 amide bonds. The summed E-state index contributed by atoms with van der Waals surface area (Å²) in [5.74, 6) is 2.45. The number of rotatable bonds is 4. The van der Waals surface area contributed by atoms with E-state index in [1.54, 1.807) is 0 Å². The van der Waals surface area contributed by atoms with Crippen LogP contribution in [-0.2, 0) is 6.54 Å². The Morgan fingerprint density at radius 2 is 2.05 bits per heavy atom. The molecular weight excluding hydrogens is 316 g/mol. The number of anilines is 1. The third-order valence-electron chi connectivity index (χ3n) is 3.38. The summed E-state index contributed by atoms with van der Waals surface area (Å²) in [4.78, 5) is 15.8. The second-order valence-electron chi connectivity index (χ2n) is 5.31. The highest BCUT2D eigenvalue weighted by molar-refractivity contribution is 9.10. The quantitative estimate of drug-likeness (QED) is 0.804. The Morgan fingerprint density at radius 3 is 2.75 bits per heavy atom. The van der Waals surface area contributed by atoms with E-state index in [2.05, 4.69) is 35.8 Å². The number of aryl methyl sites for hydroxylation is 1. The van der Waals surface area contributed by atoms with E-state index in [1.807, 2.05) is 38.2 Å². The largest absolute Gasteiger partial charge is 0.354 e. The van der Waals surface area contributed by atoms with Crippen LogP contribution in [0.2, 0.25) is 0 Å². The molecule has 104 valence electrons. The zero-order chi connectivity index (χ0) is 14.1. The van der Waals surface area contributed by atoms with Crippen molar-refractivity contribution in [3.05, 3.63) is 46.1 Å². The van der Waals surface area contributed by atoms with Crippen molar-refractivity contribution in [3.63, 3.8) is 0 Å². The van der Waals surface area contributed by atoms with Crippen LogP contribution in [0.25, 0.3) is 0 Å². The maximum absolute atomic E-state index is 4.67. The molecule has 3 rings (SSSR count). The molecule has 1 fully saturated rings. The Labute approximate surface area is 127 Å². The number of pyridine rings is 1. The van der Waals surface area contributed by atoms with Crippen molar-refractivity contribution in [2.75, 3.05) is 11.9 Å². The van der Waals surface area contributed by atoms with Crippen molar-refractivity contribution in [1.82, 2.24) is 15.0 Å². The van der Waals surface area contributed by atoms with Gasteiger partial charge in [0.1, 0.15) is 16.2 Å². The van der Waals surface area contributed by atoms with Gasteiger partial charge in [0.15, 0.2) is 0 Å². The fraction of sp³-hybridized carbons (Fsp3) is 0.400. The van der Waals surface area contributed by atoms with Gasteiger partial charge in [0.2, 0.25) is 0 Å². The van der Waals surface area contributed by atoms with Crippen LogP contribution in [0.5, 0.6) is 0 Å². The lowest BCUT2D eigenvalue weighted by Gasteiger charge is -2.18. The first-order valence-corrected chi connectivity index (χ1v) is 7.59. The van der Waals surface area contributed by atoms with E-state index in [0.29, 0.717) is 5.92 Å². The molecule has 0 atom stereocenters. The maximum atomic E-state index is 4.67. The zero-order valence-corrected chi connectivity index (χ0v) is 13.3. The second-order valence-corrected chi connectivity index (χ2v) is 6.12. The molecule has 0 aromatic carbocycles. The molecule has 0 unspecified atom stereocenters. The molecule has 2 aromatic rings. The summed E-state index contributed by atoms with van der Waals surface area (Å²) < 4.78 is 0.855. The number of hydrogen-bond donors (Lipinski definition) is 0. The Bertz CT molecular complexity index is 625. The maximum Gasteiger partial charge on any atom is 0.135 e. The predicted molar refractivity (Wildman–Crippen MR) is 82.8 cm³/mol. The minimum atomic E-state index is 0.553. The molecule has 0 radical (unpaired) electrons. The summed E-state index contributed by atoms with van der Waals surface area (Å²) >= 11 is 3.48. The number of aromatic nitrogens is 3. The van der Waals surface area contributed by atoms with Crippen LogP contribution in [0.3, 0.4) is 0 Å². The van der Waals surface area contributed by atoms with Gasteiger partial charge in [-0.15, -0.1) is 0 Å².